The van der Waals surface area contributed by atoms with Crippen molar-refractivity contribution in [2.24, 2.45) is 0 Å². The number of fused-ring (bicyclic) bond motifs is 1. The smallest absolute Gasteiger partial charge is 0.243 e. The molecule has 1 fully saturated rings. The van der Waals surface area contributed by atoms with Crippen LogP contribution in [0.1, 0.15) is 91.5 Å². The minimum absolute atomic E-state index is 0.00371. The number of unbranched alkanes of at least 4 members (excludes halogenated alkanes) is 5. The highest BCUT2D eigenvalue weighted by atomic mass is 35.5. The minimum Gasteiger partial charge on any atom is -0.351 e. The van der Waals surface area contributed by atoms with Crippen LogP contribution >= 0.6 is 11.6 Å². The van der Waals surface area contributed by atoms with Crippen LogP contribution in [-0.2, 0) is 19.2 Å². The number of aromatic nitrogens is 1. The second kappa shape index (κ2) is 15.4. The van der Waals surface area contributed by atoms with Crippen molar-refractivity contribution in [3.63, 3.8) is 0 Å². The van der Waals surface area contributed by atoms with Gasteiger partial charge in [-0.25, -0.2) is 10.3 Å². The van der Waals surface area contributed by atoms with E-state index in [1.165, 1.54) is 6.20 Å². The number of allylic oxidation sites excluding steroid dienone is 2. The highest BCUT2D eigenvalue weighted by Crippen LogP contribution is 2.28. The van der Waals surface area contributed by atoms with E-state index in [0.717, 1.165) is 57.8 Å². The molecule has 0 radical (unpaired) electrons. The fraction of sp³-hybridized carbons (Fsp3) is 0.433. The molecular weight excluding hydrogens is 548 g/mol. The van der Waals surface area contributed by atoms with Gasteiger partial charge < -0.3 is 15.4 Å². The van der Waals surface area contributed by atoms with E-state index >= 15 is 0 Å². The Morgan fingerprint density at radius 1 is 0.902 bits per heavy atom. The number of benzene rings is 1. The van der Waals surface area contributed by atoms with Gasteiger partial charge in [-0.1, -0.05) is 37.3 Å². The van der Waals surface area contributed by atoms with E-state index in [4.69, 9.17) is 21.2 Å². The third-order valence-corrected chi connectivity index (χ3v) is 7.21. The quantitative estimate of drug-likeness (QED) is 0.192. The molecule has 0 bridgehead atoms. The summed E-state index contributed by atoms with van der Waals surface area (Å²) < 4.78 is 5.41. The van der Waals surface area contributed by atoms with Crippen molar-refractivity contribution in [3.05, 3.63) is 64.6 Å². The van der Waals surface area contributed by atoms with Crippen LogP contribution < -0.4 is 16.1 Å². The monoisotopic (exact) mass is 582 g/mol. The van der Waals surface area contributed by atoms with Gasteiger partial charge in [0.25, 0.3) is 0 Å². The molecule has 3 N–H and O–H groups in total. The van der Waals surface area contributed by atoms with Crippen molar-refractivity contribution >= 4 is 46.4 Å². The number of nitrogens with zero attached hydrogens (tertiary/aromatic N) is 1. The topological polar surface area (TPSA) is 136 Å². The first-order valence-corrected chi connectivity index (χ1v) is 14.5. The molecule has 1 aromatic heterocycles. The Kier molecular flexibility index (Phi) is 11.4. The number of carbonyl (C=O) groups excluding carboxylic acids is 4. The summed E-state index contributed by atoms with van der Waals surface area (Å²) in [5, 5.41) is 5.59. The Labute approximate surface area is 244 Å². The highest BCUT2D eigenvalue weighted by molar-refractivity contribution is 6.50. The summed E-state index contributed by atoms with van der Waals surface area (Å²) in [4.78, 5) is 58.7. The van der Waals surface area contributed by atoms with Crippen molar-refractivity contribution in [3.8, 4) is 0 Å². The number of ketones is 2. The van der Waals surface area contributed by atoms with Gasteiger partial charge in [0, 0.05) is 43.4 Å². The van der Waals surface area contributed by atoms with Crippen molar-refractivity contribution in [2.75, 3.05) is 17.2 Å². The zero-order valence-corrected chi connectivity index (χ0v) is 23.6. The van der Waals surface area contributed by atoms with Crippen LogP contribution in [0.5, 0.6) is 0 Å². The van der Waals surface area contributed by atoms with Crippen LogP contribution in [0.4, 0.5) is 11.4 Å². The van der Waals surface area contributed by atoms with Gasteiger partial charge in [0.2, 0.25) is 23.4 Å². The predicted molar refractivity (Wildman–Crippen MR) is 154 cm³/mol. The molecule has 11 heteroatoms. The number of hydroxylamine groups is 1. The van der Waals surface area contributed by atoms with Gasteiger partial charge in [-0.05, 0) is 62.1 Å². The van der Waals surface area contributed by atoms with E-state index in [9.17, 15) is 19.2 Å². The molecule has 4 rings (SSSR count). The van der Waals surface area contributed by atoms with Crippen LogP contribution in [0.3, 0.4) is 0 Å². The fourth-order valence-electron chi connectivity index (χ4n) is 4.60. The lowest BCUT2D eigenvalue weighted by molar-refractivity contribution is -0.200. The largest absolute Gasteiger partial charge is 0.351 e. The Bertz CT molecular complexity index is 1270. The summed E-state index contributed by atoms with van der Waals surface area (Å²) in [6.07, 6.45) is 10.3. The Hall–Kier alpha value is -3.60. The lowest BCUT2D eigenvalue weighted by atomic mass is 9.97. The maximum Gasteiger partial charge on any atom is 0.243 e. The zero-order chi connectivity index (χ0) is 29.0. The summed E-state index contributed by atoms with van der Waals surface area (Å²) in [7, 11) is 0. The Balaban J connectivity index is 1.08. The van der Waals surface area contributed by atoms with Gasteiger partial charge in [0.1, 0.15) is 16.4 Å². The van der Waals surface area contributed by atoms with E-state index in [0.29, 0.717) is 30.8 Å². The number of amides is 2. The summed E-state index contributed by atoms with van der Waals surface area (Å²) in [5.74, 6) is -1.11. The molecule has 2 aliphatic rings. The molecule has 0 spiro atoms. The number of hydrogen-bond acceptors (Lipinski definition) is 8. The second-order valence-corrected chi connectivity index (χ2v) is 10.4. The second-order valence-electron chi connectivity index (χ2n) is 10.1. The first-order chi connectivity index (χ1) is 19.9. The molecule has 41 heavy (non-hydrogen) atoms. The number of hydrogen-bond donors (Lipinski definition) is 3. The molecule has 0 saturated carbocycles. The number of anilines is 2. The summed E-state index contributed by atoms with van der Waals surface area (Å²) >= 11 is 6.18. The van der Waals surface area contributed by atoms with Crippen LogP contribution in [0.25, 0.3) is 0 Å². The van der Waals surface area contributed by atoms with E-state index < -0.39 is 11.6 Å². The number of halogens is 1. The van der Waals surface area contributed by atoms with Gasteiger partial charge in [-0.2, -0.15) is 0 Å². The number of rotatable bonds is 14. The first-order valence-electron chi connectivity index (χ1n) is 14.1. The summed E-state index contributed by atoms with van der Waals surface area (Å²) in [5.41, 5.74) is 3.89. The number of ether oxygens (including phenoxy) is 1. The molecule has 1 unspecified atom stereocenters. The zero-order valence-electron chi connectivity index (χ0n) is 22.9. The molecule has 2 heterocycles. The minimum atomic E-state index is -0.508. The van der Waals surface area contributed by atoms with E-state index in [2.05, 4.69) is 21.1 Å². The molecule has 1 aliphatic carbocycles. The predicted octanol–water partition coefficient (Wildman–Crippen LogP) is 5.66. The standard InChI is InChI=1S/C30H35ClN4O6/c31-26-28(29(38)22-10-9-18-32-27(22)30(26)39)34-21-16-14-20(15-17-21)33-23(36)11-5-3-1-2-4-6-12-24(37)35-41-25-13-7-8-19-40-25/h9-10,14-18,25,34H,1-8,11-13,19H2,(H,33,36)(H,35,37). The van der Waals surface area contributed by atoms with Gasteiger partial charge in [0.15, 0.2) is 6.29 Å². The fourth-order valence-corrected chi connectivity index (χ4v) is 4.83. The molecule has 2 amide bonds. The average Bonchev–Trinajstić information content (AvgIpc) is 3.00. The molecule has 1 atom stereocenters. The van der Waals surface area contributed by atoms with Gasteiger partial charge in [0.05, 0.1) is 5.56 Å². The number of Topliss-reactive ketones (excluding diaryl/α,β-unsaturated/α-hetero) is 2. The van der Waals surface area contributed by atoms with Gasteiger partial charge in [-0.15, -0.1) is 0 Å². The van der Waals surface area contributed by atoms with Gasteiger partial charge >= 0.3 is 0 Å². The van der Waals surface area contributed by atoms with Crippen LogP contribution in [0.15, 0.2) is 53.3 Å². The summed E-state index contributed by atoms with van der Waals surface area (Å²) in [6, 6.07) is 9.94. The van der Waals surface area contributed by atoms with Crippen molar-refractivity contribution < 1.29 is 28.8 Å². The van der Waals surface area contributed by atoms with E-state index in [1.807, 2.05) is 0 Å². The maximum atomic E-state index is 12.8. The van der Waals surface area contributed by atoms with Crippen LogP contribution in [0.2, 0.25) is 0 Å². The van der Waals surface area contributed by atoms with Crippen LogP contribution in [0, 0.1) is 0 Å². The third kappa shape index (κ3) is 8.94. The van der Waals surface area contributed by atoms with Crippen molar-refractivity contribution in [2.45, 2.75) is 76.9 Å². The lowest BCUT2D eigenvalue weighted by Crippen LogP contribution is -2.32. The molecule has 2 aromatic rings. The molecule has 218 valence electrons. The number of carbonyl (C=O) groups is 4. The first kappa shape index (κ1) is 30.4. The lowest BCUT2D eigenvalue weighted by Gasteiger charge is -2.22. The summed E-state index contributed by atoms with van der Waals surface area (Å²) in [6.45, 7) is 0.672. The molecule has 1 aromatic carbocycles. The number of pyridine rings is 1. The van der Waals surface area contributed by atoms with E-state index in [1.54, 1.807) is 36.4 Å². The molecule has 1 aliphatic heterocycles. The normalized spacial score (nSPS) is 16.8. The number of nitrogens with one attached hydrogen (secondary N) is 3. The third-order valence-electron chi connectivity index (χ3n) is 6.85. The van der Waals surface area contributed by atoms with Crippen LogP contribution in [-0.4, -0.2) is 41.3 Å². The van der Waals surface area contributed by atoms with Crippen molar-refractivity contribution in [1.82, 2.24) is 10.5 Å². The Morgan fingerprint density at radius 3 is 2.29 bits per heavy atom. The SMILES string of the molecule is O=C(CCCCCCCCC(=O)Nc1ccc(NC2=C(Cl)C(=O)c3ncccc3C2=O)cc1)NOC1CCCCO1. The maximum absolute atomic E-state index is 12.8. The molecular formula is C30H35ClN4O6. The van der Waals surface area contributed by atoms with E-state index in [-0.39, 0.29) is 40.1 Å². The average molecular weight is 583 g/mol. The molecule has 10 nitrogen and oxygen atoms in total. The van der Waals surface area contributed by atoms with Crippen molar-refractivity contribution in [1.29, 1.82) is 0 Å². The highest BCUT2D eigenvalue weighted by Gasteiger charge is 2.32. The molecule has 1 saturated heterocycles. The Morgan fingerprint density at radius 2 is 1.59 bits per heavy atom. The van der Waals surface area contributed by atoms with Gasteiger partial charge in [-0.3, -0.25) is 24.2 Å².